The lowest BCUT2D eigenvalue weighted by Crippen LogP contribution is -2.43. The molecule has 0 heterocycles. The van der Waals surface area contributed by atoms with E-state index in [0.717, 1.165) is 0 Å². The number of hydrogen-bond donors (Lipinski definition) is 1. The van der Waals surface area contributed by atoms with Gasteiger partial charge in [-0.1, -0.05) is 44.2 Å². The largest absolute Gasteiger partial charge is 0.497 e. The first kappa shape index (κ1) is 22.6. The van der Waals surface area contributed by atoms with Crippen LogP contribution in [0.3, 0.4) is 0 Å². The Morgan fingerprint density at radius 3 is 2.17 bits per heavy atom. The molecule has 0 bridgehead atoms. The molecule has 0 unspecified atom stereocenters. The molecular formula is C21H25NO6S. The van der Waals surface area contributed by atoms with Gasteiger partial charge in [0.1, 0.15) is 11.8 Å². The molecule has 2 aromatic carbocycles. The predicted octanol–water partition coefficient (Wildman–Crippen LogP) is 2.81. The van der Waals surface area contributed by atoms with Crippen molar-refractivity contribution < 1.29 is 27.5 Å². The lowest BCUT2D eigenvalue weighted by molar-refractivity contribution is -0.144. The first-order chi connectivity index (χ1) is 13.7. The van der Waals surface area contributed by atoms with Crippen LogP contribution in [0.2, 0.25) is 0 Å². The fraction of sp³-hybridized carbons (Fsp3) is 0.333. The van der Waals surface area contributed by atoms with E-state index in [1.807, 2.05) is 13.8 Å². The highest BCUT2D eigenvalue weighted by Gasteiger charge is 2.28. The lowest BCUT2D eigenvalue weighted by atomic mass is 10.0. The summed E-state index contributed by atoms with van der Waals surface area (Å²) in [4.78, 5) is 24.6. The monoisotopic (exact) mass is 419 g/mol. The average molecular weight is 419 g/mol. The third kappa shape index (κ3) is 6.69. The molecule has 2 rings (SSSR count). The number of ether oxygens (including phenoxy) is 2. The molecule has 0 fully saturated rings. The van der Waals surface area contributed by atoms with E-state index in [-0.39, 0.29) is 23.0 Å². The predicted molar refractivity (Wildman–Crippen MR) is 108 cm³/mol. The van der Waals surface area contributed by atoms with E-state index in [4.69, 9.17) is 9.47 Å². The van der Waals surface area contributed by atoms with E-state index in [1.165, 1.54) is 31.4 Å². The van der Waals surface area contributed by atoms with Crippen LogP contribution in [-0.4, -0.2) is 39.9 Å². The van der Waals surface area contributed by atoms with E-state index in [1.54, 1.807) is 30.3 Å². The number of nitrogens with one attached hydrogen (secondary N) is 1. The molecule has 0 aromatic heterocycles. The summed E-state index contributed by atoms with van der Waals surface area (Å²) in [6, 6.07) is 13.1. The summed E-state index contributed by atoms with van der Waals surface area (Å²) in [6.45, 7) is 3.26. The Bertz CT molecular complexity index is 923. The van der Waals surface area contributed by atoms with Gasteiger partial charge in [-0.15, -0.1) is 0 Å². The molecule has 0 saturated heterocycles. The van der Waals surface area contributed by atoms with Crippen molar-refractivity contribution in [2.75, 3.05) is 13.7 Å². The minimum absolute atomic E-state index is 0.000202. The zero-order valence-corrected chi connectivity index (χ0v) is 17.4. The van der Waals surface area contributed by atoms with Crippen LogP contribution < -0.4 is 9.46 Å². The topological polar surface area (TPSA) is 98.8 Å². The molecule has 0 aliphatic rings. The molecule has 2 aromatic rings. The molecule has 0 spiro atoms. The van der Waals surface area contributed by atoms with Gasteiger partial charge in [0.2, 0.25) is 10.0 Å². The van der Waals surface area contributed by atoms with Gasteiger partial charge in [-0.2, -0.15) is 4.72 Å². The summed E-state index contributed by atoms with van der Waals surface area (Å²) in [5, 5.41) is 0. The Morgan fingerprint density at radius 2 is 1.62 bits per heavy atom. The summed E-state index contributed by atoms with van der Waals surface area (Å²) >= 11 is 0. The first-order valence-electron chi connectivity index (χ1n) is 9.14. The molecule has 1 N–H and O–H groups in total. The third-order valence-corrected chi connectivity index (χ3v) is 5.59. The van der Waals surface area contributed by atoms with Crippen LogP contribution in [0, 0.1) is 5.92 Å². The quantitative estimate of drug-likeness (QED) is 0.470. The van der Waals surface area contributed by atoms with Crippen LogP contribution in [0.5, 0.6) is 5.75 Å². The normalized spacial score (nSPS) is 12.4. The summed E-state index contributed by atoms with van der Waals surface area (Å²) in [6.07, 6.45) is 0.230. The molecule has 1 atom stereocenters. The molecule has 0 saturated carbocycles. The Hall–Kier alpha value is -2.71. The molecule has 0 aliphatic carbocycles. The van der Waals surface area contributed by atoms with Gasteiger partial charge in [0, 0.05) is 5.56 Å². The van der Waals surface area contributed by atoms with Gasteiger partial charge in [0.05, 0.1) is 12.0 Å². The highest BCUT2D eigenvalue weighted by atomic mass is 32.2. The van der Waals surface area contributed by atoms with Crippen LogP contribution >= 0.6 is 0 Å². The number of methoxy groups -OCH3 is 1. The number of carbonyl (C=O) groups is 2. The van der Waals surface area contributed by atoms with Gasteiger partial charge >= 0.3 is 5.97 Å². The van der Waals surface area contributed by atoms with E-state index >= 15 is 0 Å². The van der Waals surface area contributed by atoms with E-state index in [2.05, 4.69) is 4.72 Å². The molecule has 7 nitrogen and oxygen atoms in total. The standard InChI is InChI=1S/C21H25NO6S/c1-15(2)13-19(21(24)28-14-20(23)16-7-5-4-6-8-16)22-29(25,26)18-11-9-17(27-3)10-12-18/h4-12,15,19,22H,13-14H2,1-3H3/t19-/m0/s1. The Balaban J connectivity index is 2.08. The zero-order chi connectivity index (χ0) is 21.4. The zero-order valence-electron chi connectivity index (χ0n) is 16.6. The number of hydrogen-bond acceptors (Lipinski definition) is 6. The highest BCUT2D eigenvalue weighted by molar-refractivity contribution is 7.89. The van der Waals surface area contributed by atoms with E-state index in [9.17, 15) is 18.0 Å². The van der Waals surface area contributed by atoms with Crippen molar-refractivity contribution in [3.63, 3.8) is 0 Å². The van der Waals surface area contributed by atoms with Crippen LogP contribution in [-0.2, 0) is 19.6 Å². The molecule has 0 aliphatic heterocycles. The summed E-state index contributed by atoms with van der Waals surface area (Å²) in [5.41, 5.74) is 0.416. The number of esters is 1. The van der Waals surface area contributed by atoms with Crippen LogP contribution in [0.4, 0.5) is 0 Å². The summed E-state index contributed by atoms with van der Waals surface area (Å²) in [5.74, 6) is -0.613. The maximum absolute atomic E-state index is 12.7. The minimum Gasteiger partial charge on any atom is -0.497 e. The van der Waals surface area contributed by atoms with Crippen molar-refractivity contribution in [1.82, 2.24) is 4.72 Å². The van der Waals surface area contributed by atoms with Crippen LogP contribution in [0.25, 0.3) is 0 Å². The second-order valence-electron chi connectivity index (χ2n) is 6.88. The lowest BCUT2D eigenvalue weighted by Gasteiger charge is -2.19. The number of rotatable bonds is 10. The third-order valence-electron chi connectivity index (χ3n) is 4.10. The van der Waals surface area contributed by atoms with Crippen LogP contribution in [0.15, 0.2) is 59.5 Å². The number of ketones is 1. The second kappa shape index (κ2) is 10.2. The molecule has 0 amide bonds. The molecule has 156 valence electrons. The first-order valence-corrected chi connectivity index (χ1v) is 10.6. The van der Waals surface area contributed by atoms with Crippen molar-refractivity contribution in [2.45, 2.75) is 31.2 Å². The van der Waals surface area contributed by atoms with Crippen molar-refractivity contribution >= 4 is 21.8 Å². The minimum atomic E-state index is -3.96. The Morgan fingerprint density at radius 1 is 1.00 bits per heavy atom. The molecule has 0 radical (unpaired) electrons. The number of benzene rings is 2. The van der Waals surface area contributed by atoms with Crippen molar-refractivity contribution in [3.05, 3.63) is 60.2 Å². The molecule has 29 heavy (non-hydrogen) atoms. The maximum Gasteiger partial charge on any atom is 0.324 e. The molecule has 8 heteroatoms. The SMILES string of the molecule is COc1ccc(S(=O)(=O)N[C@@H](CC(C)C)C(=O)OCC(=O)c2ccccc2)cc1. The van der Waals surface area contributed by atoms with Gasteiger partial charge in [-0.05, 0) is 36.6 Å². The highest BCUT2D eigenvalue weighted by Crippen LogP contribution is 2.17. The average Bonchev–Trinajstić information content (AvgIpc) is 2.71. The summed E-state index contributed by atoms with van der Waals surface area (Å²) in [7, 11) is -2.48. The van der Waals surface area contributed by atoms with Crippen molar-refractivity contribution in [2.24, 2.45) is 5.92 Å². The van der Waals surface area contributed by atoms with Crippen LogP contribution in [0.1, 0.15) is 30.6 Å². The van der Waals surface area contributed by atoms with Gasteiger partial charge in [-0.25, -0.2) is 8.42 Å². The van der Waals surface area contributed by atoms with Gasteiger partial charge in [0.15, 0.2) is 12.4 Å². The van der Waals surface area contributed by atoms with Gasteiger partial charge in [0.25, 0.3) is 0 Å². The van der Waals surface area contributed by atoms with Crippen molar-refractivity contribution in [1.29, 1.82) is 0 Å². The van der Waals surface area contributed by atoms with E-state index < -0.39 is 28.6 Å². The number of carbonyl (C=O) groups excluding carboxylic acids is 2. The van der Waals surface area contributed by atoms with Gasteiger partial charge in [-0.3, -0.25) is 9.59 Å². The van der Waals surface area contributed by atoms with E-state index in [0.29, 0.717) is 11.3 Å². The fourth-order valence-electron chi connectivity index (χ4n) is 2.62. The Kier molecular flexibility index (Phi) is 7.92. The van der Waals surface area contributed by atoms with Crippen molar-refractivity contribution in [3.8, 4) is 5.75 Å². The number of sulfonamides is 1. The second-order valence-corrected chi connectivity index (χ2v) is 8.59. The fourth-order valence-corrected chi connectivity index (χ4v) is 3.82. The summed E-state index contributed by atoms with van der Waals surface area (Å²) < 4.78 is 37.8. The smallest absolute Gasteiger partial charge is 0.324 e. The maximum atomic E-state index is 12.7. The number of Topliss-reactive ketones (excluding diaryl/α,β-unsaturated/α-hetero) is 1. The Labute approximate surface area is 171 Å². The molecular weight excluding hydrogens is 394 g/mol. The van der Waals surface area contributed by atoms with Gasteiger partial charge < -0.3 is 9.47 Å².